The van der Waals surface area contributed by atoms with E-state index in [4.69, 9.17) is 4.74 Å². The molecule has 0 radical (unpaired) electrons. The summed E-state index contributed by atoms with van der Waals surface area (Å²) in [5.41, 5.74) is 1.98. The summed E-state index contributed by atoms with van der Waals surface area (Å²) < 4.78 is 5.25. The van der Waals surface area contributed by atoms with Crippen molar-refractivity contribution in [3.8, 4) is 5.75 Å². The zero-order valence-electron chi connectivity index (χ0n) is 12.1. The number of aromatic nitrogens is 3. The average Bonchev–Trinajstić information content (AvgIpc) is 2.48. The molecule has 1 atom stereocenters. The molecular weight excluding hydrogens is 252 g/mol. The van der Waals surface area contributed by atoms with Gasteiger partial charge in [0.25, 0.3) is 0 Å². The van der Waals surface area contributed by atoms with Gasteiger partial charge in [0.05, 0.1) is 25.0 Å². The number of nitrogens with one attached hydrogen (secondary N) is 1. The highest BCUT2D eigenvalue weighted by Gasteiger charge is 2.16. The topological polar surface area (TPSA) is 59.9 Å². The molecule has 0 aliphatic carbocycles. The summed E-state index contributed by atoms with van der Waals surface area (Å²) >= 11 is 0. The van der Waals surface area contributed by atoms with Crippen molar-refractivity contribution >= 4 is 0 Å². The number of methoxy groups -OCH3 is 1. The predicted molar refractivity (Wildman–Crippen MR) is 77.7 cm³/mol. The Morgan fingerprint density at radius 1 is 1.35 bits per heavy atom. The molecule has 106 valence electrons. The van der Waals surface area contributed by atoms with Crippen LogP contribution in [0.1, 0.15) is 36.5 Å². The minimum Gasteiger partial charge on any atom is -0.495 e. The Morgan fingerprint density at radius 2 is 2.20 bits per heavy atom. The molecule has 0 amide bonds. The molecule has 0 aliphatic rings. The van der Waals surface area contributed by atoms with E-state index in [9.17, 15) is 0 Å². The van der Waals surface area contributed by atoms with Gasteiger partial charge in [0.2, 0.25) is 0 Å². The van der Waals surface area contributed by atoms with Crippen LogP contribution in [0.3, 0.4) is 0 Å². The van der Waals surface area contributed by atoms with E-state index in [-0.39, 0.29) is 6.04 Å². The van der Waals surface area contributed by atoms with Crippen LogP contribution in [0.25, 0.3) is 0 Å². The molecule has 2 rings (SSSR count). The van der Waals surface area contributed by atoms with E-state index in [0.717, 1.165) is 35.8 Å². The lowest BCUT2D eigenvalue weighted by atomic mass is 10.1. The molecule has 1 unspecified atom stereocenters. The second kappa shape index (κ2) is 6.96. The average molecular weight is 272 g/mol. The lowest BCUT2D eigenvalue weighted by molar-refractivity contribution is 0.411. The Hall–Kier alpha value is -2.01. The lowest BCUT2D eigenvalue weighted by Crippen LogP contribution is -2.24. The van der Waals surface area contributed by atoms with Crippen molar-refractivity contribution in [1.29, 1.82) is 0 Å². The van der Waals surface area contributed by atoms with Crippen LogP contribution in [0.5, 0.6) is 5.75 Å². The van der Waals surface area contributed by atoms with Crippen molar-refractivity contribution in [3.05, 3.63) is 47.8 Å². The van der Waals surface area contributed by atoms with E-state index in [0.29, 0.717) is 0 Å². The van der Waals surface area contributed by atoms with E-state index in [1.807, 2.05) is 25.3 Å². The van der Waals surface area contributed by atoms with Gasteiger partial charge in [-0.1, -0.05) is 6.92 Å². The van der Waals surface area contributed by atoms with Crippen molar-refractivity contribution in [2.24, 2.45) is 0 Å². The van der Waals surface area contributed by atoms with Gasteiger partial charge in [-0.25, -0.2) is 9.97 Å². The maximum absolute atomic E-state index is 5.25. The smallest absolute Gasteiger partial charge is 0.137 e. The summed E-state index contributed by atoms with van der Waals surface area (Å²) in [5, 5.41) is 3.49. The third-order valence-electron chi connectivity index (χ3n) is 3.00. The molecule has 2 aromatic rings. The molecule has 0 aromatic carbocycles. The monoisotopic (exact) mass is 272 g/mol. The molecule has 1 N–H and O–H groups in total. The second-order valence-electron chi connectivity index (χ2n) is 4.57. The van der Waals surface area contributed by atoms with Crippen LogP contribution in [-0.4, -0.2) is 28.6 Å². The Bertz CT molecular complexity index is 559. The van der Waals surface area contributed by atoms with Gasteiger partial charge in [0.15, 0.2) is 0 Å². The first kappa shape index (κ1) is 14.4. The van der Waals surface area contributed by atoms with Gasteiger partial charge in [0.1, 0.15) is 11.6 Å². The zero-order valence-corrected chi connectivity index (χ0v) is 12.1. The number of hydrogen-bond donors (Lipinski definition) is 1. The minimum atomic E-state index is -0.000694. The number of pyridine rings is 1. The molecule has 2 heterocycles. The Kier molecular flexibility index (Phi) is 5.01. The highest BCUT2D eigenvalue weighted by molar-refractivity contribution is 5.31. The molecule has 5 nitrogen and oxygen atoms in total. The Labute approximate surface area is 119 Å². The van der Waals surface area contributed by atoms with E-state index in [1.165, 1.54) is 0 Å². The first-order valence-corrected chi connectivity index (χ1v) is 6.76. The third kappa shape index (κ3) is 3.51. The van der Waals surface area contributed by atoms with Crippen LogP contribution >= 0.6 is 0 Å². The van der Waals surface area contributed by atoms with E-state index < -0.39 is 0 Å². The van der Waals surface area contributed by atoms with E-state index in [1.54, 1.807) is 19.5 Å². The van der Waals surface area contributed by atoms with Crippen LogP contribution in [-0.2, 0) is 0 Å². The Balaban J connectivity index is 2.35. The van der Waals surface area contributed by atoms with Gasteiger partial charge in [-0.2, -0.15) is 0 Å². The molecule has 20 heavy (non-hydrogen) atoms. The SMILES string of the molecule is CCCNC(c1cncc(OC)c1)c1ccnc(C)n1. The summed E-state index contributed by atoms with van der Waals surface area (Å²) in [6, 6.07) is 3.91. The van der Waals surface area contributed by atoms with Gasteiger partial charge in [-0.15, -0.1) is 0 Å². The van der Waals surface area contributed by atoms with Crippen molar-refractivity contribution < 1.29 is 4.74 Å². The van der Waals surface area contributed by atoms with Crippen LogP contribution in [0.4, 0.5) is 0 Å². The van der Waals surface area contributed by atoms with Crippen LogP contribution in [0.2, 0.25) is 0 Å². The number of aryl methyl sites for hydroxylation is 1. The van der Waals surface area contributed by atoms with Gasteiger partial charge >= 0.3 is 0 Å². The molecule has 0 saturated heterocycles. The molecule has 0 fully saturated rings. The summed E-state index contributed by atoms with van der Waals surface area (Å²) in [6.45, 7) is 4.94. The second-order valence-corrected chi connectivity index (χ2v) is 4.57. The highest BCUT2D eigenvalue weighted by Crippen LogP contribution is 2.22. The standard InChI is InChI=1S/C15H20N4O/c1-4-6-18-15(14-5-7-17-11(2)19-14)12-8-13(20-3)10-16-9-12/h5,7-10,15,18H,4,6H2,1-3H3. The van der Waals surface area contributed by atoms with Crippen LogP contribution < -0.4 is 10.1 Å². The fourth-order valence-electron chi connectivity index (χ4n) is 2.02. The van der Waals surface area contributed by atoms with E-state index >= 15 is 0 Å². The zero-order chi connectivity index (χ0) is 14.4. The Morgan fingerprint density at radius 3 is 2.90 bits per heavy atom. The predicted octanol–water partition coefficient (Wildman–Crippen LogP) is 2.28. The number of rotatable bonds is 6. The van der Waals surface area contributed by atoms with Gasteiger partial charge in [-0.3, -0.25) is 4.98 Å². The maximum Gasteiger partial charge on any atom is 0.137 e. The molecule has 2 aromatic heterocycles. The summed E-state index contributed by atoms with van der Waals surface area (Å²) in [4.78, 5) is 12.9. The van der Waals surface area contributed by atoms with Gasteiger partial charge in [-0.05, 0) is 37.6 Å². The first-order valence-electron chi connectivity index (χ1n) is 6.76. The maximum atomic E-state index is 5.25. The molecule has 0 bridgehead atoms. The number of nitrogens with zero attached hydrogens (tertiary/aromatic N) is 3. The summed E-state index contributed by atoms with van der Waals surface area (Å²) in [5.74, 6) is 1.51. The molecular formula is C15H20N4O. The number of hydrogen-bond acceptors (Lipinski definition) is 5. The van der Waals surface area contributed by atoms with Crippen LogP contribution in [0.15, 0.2) is 30.7 Å². The first-order chi connectivity index (χ1) is 9.74. The lowest BCUT2D eigenvalue weighted by Gasteiger charge is -2.19. The quantitative estimate of drug-likeness (QED) is 0.874. The fraction of sp³-hybridized carbons (Fsp3) is 0.400. The largest absolute Gasteiger partial charge is 0.495 e. The van der Waals surface area contributed by atoms with E-state index in [2.05, 4.69) is 27.2 Å². The van der Waals surface area contributed by atoms with Crippen molar-refractivity contribution in [2.45, 2.75) is 26.3 Å². The minimum absolute atomic E-state index is 0.000694. The van der Waals surface area contributed by atoms with Gasteiger partial charge in [0, 0.05) is 12.4 Å². The van der Waals surface area contributed by atoms with Crippen molar-refractivity contribution in [3.63, 3.8) is 0 Å². The number of ether oxygens (including phenoxy) is 1. The third-order valence-corrected chi connectivity index (χ3v) is 3.00. The van der Waals surface area contributed by atoms with Gasteiger partial charge < -0.3 is 10.1 Å². The summed E-state index contributed by atoms with van der Waals surface area (Å²) in [6.07, 6.45) is 6.38. The van der Waals surface area contributed by atoms with Crippen LogP contribution in [0, 0.1) is 6.92 Å². The highest BCUT2D eigenvalue weighted by atomic mass is 16.5. The molecule has 0 spiro atoms. The van der Waals surface area contributed by atoms with Crippen molar-refractivity contribution in [1.82, 2.24) is 20.3 Å². The fourth-order valence-corrected chi connectivity index (χ4v) is 2.02. The van der Waals surface area contributed by atoms with Crippen molar-refractivity contribution in [2.75, 3.05) is 13.7 Å². The normalized spacial score (nSPS) is 12.2. The molecule has 0 aliphatic heterocycles. The molecule has 5 heteroatoms. The summed E-state index contributed by atoms with van der Waals surface area (Å²) in [7, 11) is 1.64. The molecule has 0 saturated carbocycles.